The van der Waals surface area contributed by atoms with E-state index in [0.717, 1.165) is 29.9 Å². The third kappa shape index (κ3) is 2.11. The maximum Gasteiger partial charge on any atom is 0.338 e. The van der Waals surface area contributed by atoms with E-state index in [0.29, 0.717) is 12.8 Å². The van der Waals surface area contributed by atoms with Gasteiger partial charge in [-0.15, -0.1) is 0 Å². The van der Waals surface area contributed by atoms with Gasteiger partial charge in [-0.25, -0.2) is 9.18 Å². The quantitative estimate of drug-likeness (QED) is 0.848. The molecule has 1 aliphatic heterocycles. The van der Waals surface area contributed by atoms with Crippen LogP contribution in [0.15, 0.2) is 18.2 Å². The molecule has 0 bridgehead atoms. The summed E-state index contributed by atoms with van der Waals surface area (Å²) in [6.45, 7) is 0. The lowest BCUT2D eigenvalue weighted by Gasteiger charge is -2.19. The van der Waals surface area contributed by atoms with Crippen molar-refractivity contribution in [2.24, 2.45) is 11.8 Å². The van der Waals surface area contributed by atoms with Crippen LogP contribution in [0.2, 0.25) is 0 Å². The summed E-state index contributed by atoms with van der Waals surface area (Å²) < 4.78 is 13.4. The molecule has 2 fully saturated rings. The molecular weight excluding hydrogens is 277 g/mol. The number of anilines is 1. The summed E-state index contributed by atoms with van der Waals surface area (Å²) in [6, 6.07) is 3.29. The molecule has 2 unspecified atom stereocenters. The Morgan fingerprint density at radius 2 is 1.71 bits per heavy atom. The Morgan fingerprint density at radius 1 is 1.14 bits per heavy atom. The Kier molecular flexibility index (Phi) is 3.23. The van der Waals surface area contributed by atoms with Crippen molar-refractivity contribution in [1.82, 2.24) is 0 Å². The first-order valence-corrected chi connectivity index (χ1v) is 6.91. The van der Waals surface area contributed by atoms with Crippen molar-refractivity contribution < 1.29 is 23.9 Å². The lowest BCUT2D eigenvalue weighted by atomic mass is 9.81. The topological polar surface area (TPSA) is 74.7 Å². The van der Waals surface area contributed by atoms with Gasteiger partial charge in [0.25, 0.3) is 0 Å². The molecule has 1 aliphatic carbocycles. The number of hydrogen-bond donors (Lipinski definition) is 1. The number of hydrogen-bond acceptors (Lipinski definition) is 3. The van der Waals surface area contributed by atoms with E-state index in [4.69, 9.17) is 5.11 Å². The molecule has 0 spiro atoms. The van der Waals surface area contributed by atoms with Crippen LogP contribution in [-0.2, 0) is 9.59 Å². The summed E-state index contributed by atoms with van der Waals surface area (Å²) in [5.41, 5.74) is -0.402. The van der Waals surface area contributed by atoms with E-state index in [1.54, 1.807) is 0 Å². The maximum absolute atomic E-state index is 13.4. The highest BCUT2D eigenvalue weighted by atomic mass is 19.1. The van der Waals surface area contributed by atoms with Gasteiger partial charge in [0.15, 0.2) is 0 Å². The number of fused-ring (bicyclic) bond motifs is 1. The van der Waals surface area contributed by atoms with Crippen molar-refractivity contribution in [2.45, 2.75) is 25.7 Å². The first-order chi connectivity index (χ1) is 10.0. The van der Waals surface area contributed by atoms with Gasteiger partial charge in [0.1, 0.15) is 5.82 Å². The van der Waals surface area contributed by atoms with E-state index in [9.17, 15) is 18.8 Å². The minimum absolute atomic E-state index is 0.137. The van der Waals surface area contributed by atoms with E-state index in [1.165, 1.54) is 6.07 Å². The molecule has 2 aliphatic rings. The molecule has 1 saturated heterocycles. The number of carboxylic acid groups (broad SMARTS) is 1. The Morgan fingerprint density at radius 3 is 2.24 bits per heavy atom. The summed E-state index contributed by atoms with van der Waals surface area (Å²) in [4.78, 5) is 36.8. The molecule has 0 radical (unpaired) electrons. The molecule has 1 saturated carbocycles. The zero-order chi connectivity index (χ0) is 15.1. The maximum atomic E-state index is 13.4. The van der Waals surface area contributed by atoms with Crippen LogP contribution < -0.4 is 4.90 Å². The molecule has 2 amide bonds. The van der Waals surface area contributed by atoms with E-state index >= 15 is 0 Å². The first-order valence-electron chi connectivity index (χ1n) is 6.91. The molecule has 1 heterocycles. The number of imide groups is 1. The summed E-state index contributed by atoms with van der Waals surface area (Å²) >= 11 is 0. The number of carbonyl (C=O) groups is 3. The summed E-state index contributed by atoms with van der Waals surface area (Å²) in [7, 11) is 0. The molecule has 1 aromatic carbocycles. The van der Waals surface area contributed by atoms with Crippen LogP contribution in [-0.4, -0.2) is 22.9 Å². The molecule has 5 nitrogen and oxygen atoms in total. The number of benzene rings is 1. The standard InChI is InChI=1S/C15H14FNO4/c16-12-6-5-8(7-11(12)15(20)21)17-13(18)9-3-1-2-4-10(9)14(17)19/h5-7,9-10H,1-4H2,(H,20,21). The number of aromatic carboxylic acids is 1. The molecule has 6 heteroatoms. The number of rotatable bonds is 2. The van der Waals surface area contributed by atoms with E-state index in [-0.39, 0.29) is 29.3 Å². The number of halogens is 1. The van der Waals surface area contributed by atoms with Gasteiger partial charge in [0, 0.05) is 0 Å². The van der Waals surface area contributed by atoms with Gasteiger partial charge >= 0.3 is 5.97 Å². The van der Waals surface area contributed by atoms with Gasteiger partial charge in [0.05, 0.1) is 23.1 Å². The molecule has 1 aromatic rings. The highest BCUT2D eigenvalue weighted by Crippen LogP contribution is 2.40. The lowest BCUT2D eigenvalue weighted by Crippen LogP contribution is -2.31. The number of nitrogens with zero attached hydrogens (tertiary/aromatic N) is 1. The summed E-state index contributed by atoms with van der Waals surface area (Å²) in [5, 5.41) is 8.94. The third-order valence-electron chi connectivity index (χ3n) is 4.28. The van der Waals surface area contributed by atoms with Crippen LogP contribution in [0.5, 0.6) is 0 Å². The fourth-order valence-electron chi connectivity index (χ4n) is 3.23. The zero-order valence-corrected chi connectivity index (χ0v) is 11.2. The van der Waals surface area contributed by atoms with Crippen LogP contribution >= 0.6 is 0 Å². The van der Waals surface area contributed by atoms with Gasteiger partial charge < -0.3 is 5.11 Å². The van der Waals surface area contributed by atoms with Gasteiger partial charge in [-0.3, -0.25) is 14.5 Å². The smallest absolute Gasteiger partial charge is 0.338 e. The van der Waals surface area contributed by atoms with E-state index < -0.39 is 17.3 Å². The average Bonchev–Trinajstić information content (AvgIpc) is 2.72. The summed E-state index contributed by atoms with van der Waals surface area (Å²) in [5.74, 6) is -3.54. The molecule has 2 atom stereocenters. The first kappa shape index (κ1) is 13.7. The Bertz CT molecular complexity index is 619. The van der Waals surface area contributed by atoms with Crippen molar-refractivity contribution in [2.75, 3.05) is 4.90 Å². The molecule has 1 N–H and O–H groups in total. The van der Waals surface area contributed by atoms with Gasteiger partial charge in [0.2, 0.25) is 11.8 Å². The second-order valence-electron chi connectivity index (χ2n) is 5.48. The minimum Gasteiger partial charge on any atom is -0.478 e. The van der Waals surface area contributed by atoms with Gasteiger partial charge in [-0.2, -0.15) is 0 Å². The number of carbonyl (C=O) groups excluding carboxylic acids is 2. The molecule has 110 valence electrons. The van der Waals surface area contributed by atoms with Crippen molar-refractivity contribution in [3.63, 3.8) is 0 Å². The van der Waals surface area contributed by atoms with Crippen molar-refractivity contribution in [3.05, 3.63) is 29.6 Å². The average molecular weight is 291 g/mol. The zero-order valence-electron chi connectivity index (χ0n) is 11.2. The molecule has 0 aromatic heterocycles. The predicted molar refractivity (Wildman–Crippen MR) is 71.3 cm³/mol. The predicted octanol–water partition coefficient (Wildman–Crippen LogP) is 2.20. The van der Waals surface area contributed by atoms with Crippen molar-refractivity contribution in [3.8, 4) is 0 Å². The van der Waals surface area contributed by atoms with Crippen molar-refractivity contribution in [1.29, 1.82) is 0 Å². The van der Waals surface area contributed by atoms with E-state index in [2.05, 4.69) is 0 Å². The Hall–Kier alpha value is -2.24. The molecular formula is C15H14FNO4. The fraction of sp³-hybridized carbons (Fsp3) is 0.400. The molecule has 21 heavy (non-hydrogen) atoms. The fourth-order valence-corrected chi connectivity index (χ4v) is 3.23. The van der Waals surface area contributed by atoms with Gasteiger partial charge in [-0.1, -0.05) is 12.8 Å². The van der Waals surface area contributed by atoms with Crippen LogP contribution in [0.4, 0.5) is 10.1 Å². The SMILES string of the molecule is O=C(O)c1cc(N2C(=O)C3CCCCC3C2=O)ccc1F. The molecule has 3 rings (SSSR count). The van der Waals surface area contributed by atoms with Gasteiger partial charge in [-0.05, 0) is 31.0 Å². The number of amides is 2. The second kappa shape index (κ2) is 4.95. The third-order valence-corrected chi connectivity index (χ3v) is 4.28. The monoisotopic (exact) mass is 291 g/mol. The largest absolute Gasteiger partial charge is 0.478 e. The summed E-state index contributed by atoms with van der Waals surface area (Å²) in [6.07, 6.45) is 3.19. The van der Waals surface area contributed by atoms with Crippen molar-refractivity contribution >= 4 is 23.5 Å². The normalized spacial score (nSPS) is 25.1. The van der Waals surface area contributed by atoms with E-state index in [1.807, 2.05) is 0 Å². The minimum atomic E-state index is -1.43. The number of carboxylic acids is 1. The lowest BCUT2D eigenvalue weighted by molar-refractivity contribution is -0.122. The highest BCUT2D eigenvalue weighted by Gasteiger charge is 2.48. The highest BCUT2D eigenvalue weighted by molar-refractivity contribution is 6.22. The van der Waals surface area contributed by atoms with Crippen LogP contribution in [0.1, 0.15) is 36.0 Å². The van der Waals surface area contributed by atoms with Crippen LogP contribution in [0, 0.1) is 17.7 Å². The van der Waals surface area contributed by atoms with Crippen LogP contribution in [0.3, 0.4) is 0 Å². The Labute approximate surface area is 120 Å². The van der Waals surface area contributed by atoms with Crippen LogP contribution in [0.25, 0.3) is 0 Å². The Balaban J connectivity index is 2.00. The second-order valence-corrected chi connectivity index (χ2v) is 5.48.